The Morgan fingerprint density at radius 2 is 2.00 bits per heavy atom. The third-order valence-electron chi connectivity index (χ3n) is 2.78. The number of rotatable bonds is 4. The van der Waals surface area contributed by atoms with Crippen molar-refractivity contribution in [3.8, 4) is 6.01 Å². The normalized spacial score (nSPS) is 12.2. The molecule has 18 heavy (non-hydrogen) atoms. The molecule has 0 spiro atoms. The van der Waals surface area contributed by atoms with Gasteiger partial charge in [-0.05, 0) is 19.4 Å². The molecule has 0 radical (unpaired) electrons. The fourth-order valence-corrected chi connectivity index (χ4v) is 1.63. The number of hydrogen-bond acceptors (Lipinski definition) is 4. The maximum absolute atomic E-state index is 9.05. The standard InChI is InChI=1S/C14H16N2O2/c1-10-13(9-17)8-15-14(16-10)18-11(2)12-6-4-3-5-7-12/h3-8,11,17H,9H2,1-2H3. The van der Waals surface area contributed by atoms with E-state index < -0.39 is 0 Å². The maximum Gasteiger partial charge on any atom is 0.317 e. The minimum absolute atomic E-state index is 0.0552. The number of nitrogens with zero attached hydrogens (tertiary/aromatic N) is 2. The molecule has 94 valence electrons. The largest absolute Gasteiger partial charge is 0.456 e. The molecule has 1 aromatic heterocycles. The number of hydrogen-bond donors (Lipinski definition) is 1. The molecule has 0 aliphatic rings. The monoisotopic (exact) mass is 244 g/mol. The van der Waals surface area contributed by atoms with Crippen LogP contribution in [0.25, 0.3) is 0 Å². The van der Waals surface area contributed by atoms with Crippen molar-refractivity contribution in [2.24, 2.45) is 0 Å². The van der Waals surface area contributed by atoms with E-state index in [9.17, 15) is 0 Å². The van der Waals surface area contributed by atoms with Gasteiger partial charge in [-0.15, -0.1) is 0 Å². The summed E-state index contributed by atoms with van der Waals surface area (Å²) in [5, 5.41) is 9.05. The first kappa shape index (κ1) is 12.5. The van der Waals surface area contributed by atoms with Crippen LogP contribution in [-0.4, -0.2) is 15.1 Å². The second-order valence-corrected chi connectivity index (χ2v) is 4.09. The number of aliphatic hydroxyl groups is 1. The number of aliphatic hydroxyl groups excluding tert-OH is 1. The number of benzene rings is 1. The predicted octanol–water partition coefficient (Wildman–Crippen LogP) is 2.42. The molecule has 0 aliphatic carbocycles. The van der Waals surface area contributed by atoms with Gasteiger partial charge in [-0.3, -0.25) is 0 Å². The lowest BCUT2D eigenvalue weighted by Crippen LogP contribution is -2.07. The Morgan fingerprint density at radius 1 is 1.28 bits per heavy atom. The van der Waals surface area contributed by atoms with Crippen LogP contribution in [-0.2, 0) is 6.61 Å². The first-order valence-electron chi connectivity index (χ1n) is 5.85. The molecular formula is C14H16N2O2. The highest BCUT2D eigenvalue weighted by Crippen LogP contribution is 2.18. The van der Waals surface area contributed by atoms with E-state index in [1.54, 1.807) is 6.20 Å². The first-order valence-corrected chi connectivity index (χ1v) is 5.85. The SMILES string of the molecule is Cc1nc(OC(C)c2ccccc2)ncc1CO. The Labute approximate surface area is 106 Å². The van der Waals surface area contributed by atoms with Crippen molar-refractivity contribution in [2.75, 3.05) is 0 Å². The van der Waals surface area contributed by atoms with Crippen molar-refractivity contribution in [3.05, 3.63) is 53.3 Å². The van der Waals surface area contributed by atoms with E-state index in [0.29, 0.717) is 6.01 Å². The van der Waals surface area contributed by atoms with Crippen molar-refractivity contribution in [2.45, 2.75) is 26.6 Å². The molecule has 1 N–H and O–H groups in total. The van der Waals surface area contributed by atoms with Crippen LogP contribution in [0, 0.1) is 6.92 Å². The Kier molecular flexibility index (Phi) is 3.89. The summed E-state index contributed by atoms with van der Waals surface area (Å²) in [7, 11) is 0. The molecular weight excluding hydrogens is 228 g/mol. The molecule has 0 fully saturated rings. The smallest absolute Gasteiger partial charge is 0.317 e. The predicted molar refractivity (Wildman–Crippen MR) is 68.2 cm³/mol. The van der Waals surface area contributed by atoms with Gasteiger partial charge in [0.25, 0.3) is 0 Å². The third kappa shape index (κ3) is 2.84. The van der Waals surface area contributed by atoms with Crippen molar-refractivity contribution >= 4 is 0 Å². The Hall–Kier alpha value is -1.94. The summed E-state index contributed by atoms with van der Waals surface area (Å²) in [5.41, 5.74) is 2.53. The Bertz CT molecular complexity index is 514. The van der Waals surface area contributed by atoms with Gasteiger partial charge in [0.15, 0.2) is 0 Å². The van der Waals surface area contributed by atoms with E-state index in [2.05, 4.69) is 9.97 Å². The lowest BCUT2D eigenvalue weighted by Gasteiger charge is -2.14. The first-order chi connectivity index (χ1) is 8.70. The zero-order chi connectivity index (χ0) is 13.0. The highest BCUT2D eigenvalue weighted by molar-refractivity contribution is 5.19. The van der Waals surface area contributed by atoms with Crippen LogP contribution in [0.2, 0.25) is 0 Å². The van der Waals surface area contributed by atoms with Crippen LogP contribution in [0.4, 0.5) is 0 Å². The quantitative estimate of drug-likeness (QED) is 0.897. The minimum Gasteiger partial charge on any atom is -0.456 e. The van der Waals surface area contributed by atoms with Crippen LogP contribution in [0.15, 0.2) is 36.5 Å². The van der Waals surface area contributed by atoms with Gasteiger partial charge in [0, 0.05) is 11.8 Å². The number of ether oxygens (including phenoxy) is 1. The van der Waals surface area contributed by atoms with Crippen LogP contribution >= 0.6 is 0 Å². The average molecular weight is 244 g/mol. The molecule has 1 unspecified atom stereocenters. The number of aromatic nitrogens is 2. The summed E-state index contributed by atoms with van der Waals surface area (Å²) in [5.74, 6) is 0. The van der Waals surface area contributed by atoms with Crippen molar-refractivity contribution in [3.63, 3.8) is 0 Å². The van der Waals surface area contributed by atoms with Gasteiger partial charge < -0.3 is 9.84 Å². The van der Waals surface area contributed by atoms with Crippen LogP contribution < -0.4 is 4.74 Å². The van der Waals surface area contributed by atoms with Crippen LogP contribution in [0.5, 0.6) is 6.01 Å². The van der Waals surface area contributed by atoms with Gasteiger partial charge >= 0.3 is 6.01 Å². The summed E-state index contributed by atoms with van der Waals surface area (Å²) in [6.45, 7) is 3.72. The van der Waals surface area contributed by atoms with Gasteiger partial charge in [-0.1, -0.05) is 30.3 Å². The highest BCUT2D eigenvalue weighted by atomic mass is 16.5. The van der Waals surface area contributed by atoms with Crippen LogP contribution in [0.3, 0.4) is 0 Å². The van der Waals surface area contributed by atoms with E-state index in [1.807, 2.05) is 44.2 Å². The van der Waals surface area contributed by atoms with Crippen molar-refractivity contribution < 1.29 is 9.84 Å². The minimum atomic E-state index is -0.106. The summed E-state index contributed by atoms with van der Waals surface area (Å²) < 4.78 is 5.68. The van der Waals surface area contributed by atoms with Crippen molar-refractivity contribution in [1.29, 1.82) is 0 Å². The molecule has 1 aromatic carbocycles. The molecule has 1 heterocycles. The summed E-state index contributed by atoms with van der Waals surface area (Å²) in [4.78, 5) is 8.30. The van der Waals surface area contributed by atoms with Crippen LogP contribution in [0.1, 0.15) is 29.8 Å². The lowest BCUT2D eigenvalue weighted by atomic mass is 10.1. The van der Waals surface area contributed by atoms with Gasteiger partial charge in [-0.25, -0.2) is 9.97 Å². The van der Waals surface area contributed by atoms with E-state index in [0.717, 1.165) is 16.8 Å². The molecule has 0 saturated heterocycles. The zero-order valence-corrected chi connectivity index (χ0v) is 10.5. The summed E-state index contributed by atoms with van der Waals surface area (Å²) >= 11 is 0. The van der Waals surface area contributed by atoms with E-state index in [-0.39, 0.29) is 12.7 Å². The molecule has 2 aromatic rings. The molecule has 0 bridgehead atoms. The Balaban J connectivity index is 2.12. The lowest BCUT2D eigenvalue weighted by molar-refractivity contribution is 0.205. The average Bonchev–Trinajstić information content (AvgIpc) is 2.40. The molecule has 4 heteroatoms. The van der Waals surface area contributed by atoms with Gasteiger partial charge in [-0.2, -0.15) is 0 Å². The number of aryl methyl sites for hydroxylation is 1. The van der Waals surface area contributed by atoms with Crippen molar-refractivity contribution in [1.82, 2.24) is 9.97 Å². The van der Waals surface area contributed by atoms with Gasteiger partial charge in [0.05, 0.1) is 12.3 Å². The highest BCUT2D eigenvalue weighted by Gasteiger charge is 2.09. The molecule has 0 aliphatic heterocycles. The fourth-order valence-electron chi connectivity index (χ4n) is 1.63. The van der Waals surface area contributed by atoms with Gasteiger partial charge in [0.2, 0.25) is 0 Å². The maximum atomic E-state index is 9.05. The van der Waals surface area contributed by atoms with Gasteiger partial charge in [0.1, 0.15) is 6.10 Å². The van der Waals surface area contributed by atoms with E-state index >= 15 is 0 Å². The zero-order valence-electron chi connectivity index (χ0n) is 10.5. The summed E-state index contributed by atoms with van der Waals surface area (Å²) in [6, 6.07) is 10.2. The second-order valence-electron chi connectivity index (χ2n) is 4.09. The summed E-state index contributed by atoms with van der Waals surface area (Å²) in [6.07, 6.45) is 1.49. The fraction of sp³-hybridized carbons (Fsp3) is 0.286. The molecule has 4 nitrogen and oxygen atoms in total. The van der Waals surface area contributed by atoms with E-state index in [4.69, 9.17) is 9.84 Å². The molecule has 0 amide bonds. The third-order valence-corrected chi connectivity index (χ3v) is 2.78. The van der Waals surface area contributed by atoms with E-state index in [1.165, 1.54) is 0 Å². The molecule has 2 rings (SSSR count). The topological polar surface area (TPSA) is 55.2 Å². The molecule has 0 saturated carbocycles. The molecule has 1 atom stereocenters. The Morgan fingerprint density at radius 3 is 2.61 bits per heavy atom. The second kappa shape index (κ2) is 5.60.